The quantitative estimate of drug-likeness (QED) is 0.166. The van der Waals surface area contributed by atoms with Crippen LogP contribution in [0.3, 0.4) is 0 Å². The molecule has 48 heavy (non-hydrogen) atoms. The fourth-order valence-corrected chi connectivity index (χ4v) is 5.82. The van der Waals surface area contributed by atoms with Crippen molar-refractivity contribution in [1.82, 2.24) is 15.0 Å². The zero-order valence-corrected chi connectivity index (χ0v) is 30.1. The summed E-state index contributed by atoms with van der Waals surface area (Å²) in [7, 11) is 0. The fraction of sp³-hybridized carbons (Fsp3) is 0.140. The van der Waals surface area contributed by atoms with Gasteiger partial charge >= 0.3 is 0 Å². The van der Waals surface area contributed by atoms with Crippen molar-refractivity contribution in [2.45, 2.75) is 41.0 Å². The van der Waals surface area contributed by atoms with Gasteiger partial charge in [0.2, 0.25) is 0 Å². The van der Waals surface area contributed by atoms with Gasteiger partial charge in [0.05, 0.1) is 5.58 Å². The van der Waals surface area contributed by atoms with Crippen molar-refractivity contribution in [2.75, 3.05) is 0 Å². The molecule has 4 heterocycles. The van der Waals surface area contributed by atoms with Crippen LogP contribution in [0, 0.1) is 39.8 Å². The number of pyridine rings is 3. The predicted molar refractivity (Wildman–Crippen MR) is 193 cm³/mol. The maximum Gasteiger partial charge on any atom is 0.0847 e. The summed E-state index contributed by atoms with van der Waals surface area (Å²) in [5, 5.41) is 4.41. The average Bonchev–Trinajstić information content (AvgIpc) is 3.59. The molecule has 0 bridgehead atoms. The molecule has 0 atom stereocenters. The van der Waals surface area contributed by atoms with Gasteiger partial charge in [-0.1, -0.05) is 103 Å². The van der Waals surface area contributed by atoms with Gasteiger partial charge in [-0.25, -0.2) is 0 Å². The van der Waals surface area contributed by atoms with E-state index >= 15 is 0 Å². The van der Waals surface area contributed by atoms with Crippen LogP contribution in [0.2, 0.25) is 0 Å². The van der Waals surface area contributed by atoms with Gasteiger partial charge in [-0.3, -0.25) is 9.97 Å². The minimum absolute atomic E-state index is 0. The third-order valence-electron chi connectivity index (χ3n) is 8.95. The monoisotopic (exact) mass is 802 g/mol. The van der Waals surface area contributed by atoms with Crippen molar-refractivity contribution < 1.29 is 24.5 Å². The summed E-state index contributed by atoms with van der Waals surface area (Å²) in [6, 6.07) is 36.5. The molecule has 0 spiro atoms. The van der Waals surface area contributed by atoms with Gasteiger partial charge in [-0.05, 0) is 71.1 Å². The van der Waals surface area contributed by atoms with E-state index in [2.05, 4.69) is 122 Å². The molecule has 0 aliphatic rings. The molecule has 0 aliphatic carbocycles. The first-order valence-electron chi connectivity index (χ1n) is 16.0. The summed E-state index contributed by atoms with van der Waals surface area (Å²) in [5.74, 6) is 0. The number of hydrogen-bond acceptors (Lipinski definition) is 4. The van der Waals surface area contributed by atoms with Crippen LogP contribution in [-0.2, 0) is 26.5 Å². The Kier molecular flexibility index (Phi) is 9.63. The number of benzene rings is 4. The molecular weight excluding hydrogens is 767 g/mol. The maximum absolute atomic E-state index is 5.66. The van der Waals surface area contributed by atoms with E-state index in [1.54, 1.807) is 12.5 Å². The Bertz CT molecular complexity index is 2360. The van der Waals surface area contributed by atoms with E-state index in [-0.39, 0.29) is 20.1 Å². The summed E-state index contributed by atoms with van der Waals surface area (Å²) in [6.07, 6.45) is 8.31. The van der Waals surface area contributed by atoms with Crippen molar-refractivity contribution in [3.8, 4) is 33.6 Å². The number of fused-ring (bicyclic) bond motifs is 4. The van der Waals surface area contributed by atoms with E-state index in [0.717, 1.165) is 56.4 Å². The summed E-state index contributed by atoms with van der Waals surface area (Å²) in [6.45, 7) is 10.6. The van der Waals surface area contributed by atoms with Crippen molar-refractivity contribution in [3.05, 3.63) is 150 Å². The Morgan fingerprint density at radius 3 is 2.29 bits per heavy atom. The summed E-state index contributed by atoms with van der Waals surface area (Å²) in [4.78, 5) is 13.7. The Morgan fingerprint density at radius 2 is 1.48 bits per heavy atom. The van der Waals surface area contributed by atoms with Crippen molar-refractivity contribution in [2.24, 2.45) is 0 Å². The van der Waals surface area contributed by atoms with E-state index in [1.165, 1.54) is 44.2 Å². The molecule has 8 rings (SSSR count). The molecule has 239 valence electrons. The predicted octanol–water partition coefficient (Wildman–Crippen LogP) is 11.0. The van der Waals surface area contributed by atoms with E-state index in [1.807, 2.05) is 36.7 Å². The molecule has 0 N–H and O–H groups in total. The van der Waals surface area contributed by atoms with Gasteiger partial charge in [-0.2, -0.15) is 0 Å². The van der Waals surface area contributed by atoms with Crippen LogP contribution in [0.25, 0.3) is 66.3 Å². The van der Waals surface area contributed by atoms with E-state index < -0.39 is 0 Å². The number of aryl methyl sites for hydroxylation is 5. The van der Waals surface area contributed by atoms with Gasteiger partial charge in [0.25, 0.3) is 0 Å². The standard InChI is InChI=1S/C28H19N2O.C15H16N.Ir/c1-2-18-5-6-20-15-21(8-7-19(20)14-18)22-9-12-29-26(17-22)25-16-23-10-13-31-28(23)27-24(25)4-3-11-30-27;1-10-5-6-14(7-11(10)2)15-8-12(3)13(4)9-16-15;/h3-15,17H,2H2,1H3;5,7-9H,1-4H3;/q2*-1;. The molecule has 8 aromatic rings. The molecule has 5 heteroatoms. The van der Waals surface area contributed by atoms with Crippen molar-refractivity contribution in [3.63, 3.8) is 0 Å². The maximum atomic E-state index is 5.66. The van der Waals surface area contributed by atoms with E-state index in [9.17, 15) is 0 Å². The first-order valence-corrected chi connectivity index (χ1v) is 16.0. The minimum atomic E-state index is 0. The third-order valence-corrected chi connectivity index (χ3v) is 8.95. The molecule has 0 fully saturated rings. The van der Waals surface area contributed by atoms with E-state index in [4.69, 9.17) is 4.42 Å². The summed E-state index contributed by atoms with van der Waals surface area (Å²) in [5.41, 5.74) is 14.2. The fourth-order valence-electron chi connectivity index (χ4n) is 5.82. The Hall–Kier alpha value is -4.96. The second-order valence-corrected chi connectivity index (χ2v) is 12.1. The molecule has 0 unspecified atom stereocenters. The van der Waals surface area contributed by atoms with Crippen LogP contribution in [0.1, 0.15) is 34.7 Å². The van der Waals surface area contributed by atoms with Gasteiger partial charge in [0, 0.05) is 56.2 Å². The number of hydrogen-bond donors (Lipinski definition) is 0. The van der Waals surface area contributed by atoms with Crippen LogP contribution in [0.4, 0.5) is 0 Å². The third kappa shape index (κ3) is 6.57. The Labute approximate surface area is 295 Å². The molecule has 0 aliphatic heterocycles. The van der Waals surface area contributed by atoms with Gasteiger partial charge in [-0.15, -0.1) is 41.0 Å². The largest absolute Gasteiger partial charge is 0.506 e. The van der Waals surface area contributed by atoms with Crippen molar-refractivity contribution >= 4 is 32.6 Å². The topological polar surface area (TPSA) is 51.8 Å². The van der Waals surface area contributed by atoms with E-state index in [0.29, 0.717) is 0 Å². The normalized spacial score (nSPS) is 10.9. The zero-order chi connectivity index (χ0) is 32.5. The van der Waals surface area contributed by atoms with Crippen LogP contribution >= 0.6 is 0 Å². The number of aromatic nitrogens is 3. The molecule has 0 saturated heterocycles. The minimum Gasteiger partial charge on any atom is -0.506 e. The number of furan rings is 1. The second kappa shape index (κ2) is 14.0. The van der Waals surface area contributed by atoms with Crippen LogP contribution < -0.4 is 0 Å². The van der Waals surface area contributed by atoms with Gasteiger partial charge < -0.3 is 9.40 Å². The molecule has 4 nitrogen and oxygen atoms in total. The first-order chi connectivity index (χ1) is 22.9. The summed E-state index contributed by atoms with van der Waals surface area (Å²) < 4.78 is 5.66. The molecule has 4 aromatic carbocycles. The Balaban J connectivity index is 0.000000201. The van der Waals surface area contributed by atoms with Crippen LogP contribution in [0.15, 0.2) is 114 Å². The van der Waals surface area contributed by atoms with Crippen molar-refractivity contribution in [1.29, 1.82) is 0 Å². The SMILES string of the molecule is CCc1ccc2cc(-c3ccnc(-c4[c-]c5ccoc5c5ncccc45)c3)ccc2c1.Cc1c[c-]c(-c2cc(C)c(C)cn2)cc1C.[Ir]. The van der Waals surface area contributed by atoms with Gasteiger partial charge in [0.1, 0.15) is 0 Å². The average molecular weight is 802 g/mol. The van der Waals surface area contributed by atoms with Crippen LogP contribution in [0.5, 0.6) is 0 Å². The first kappa shape index (κ1) is 33.0. The van der Waals surface area contributed by atoms with Crippen LogP contribution in [-0.4, -0.2) is 15.0 Å². The molecule has 0 saturated carbocycles. The van der Waals surface area contributed by atoms with Gasteiger partial charge in [0.15, 0.2) is 0 Å². The zero-order valence-electron chi connectivity index (χ0n) is 27.7. The molecule has 1 radical (unpaired) electrons. The smallest absolute Gasteiger partial charge is 0.0847 e. The second-order valence-electron chi connectivity index (χ2n) is 12.1. The molecule has 0 amide bonds. The molecule has 4 aromatic heterocycles. The Morgan fingerprint density at radius 1 is 0.688 bits per heavy atom. The number of rotatable bonds is 4. The molecular formula is C43H35IrN3O-2. The number of nitrogens with zero attached hydrogens (tertiary/aromatic N) is 3. The summed E-state index contributed by atoms with van der Waals surface area (Å²) >= 11 is 0.